The van der Waals surface area contributed by atoms with Gasteiger partial charge in [0.2, 0.25) is 5.95 Å². The standard InChI is InChI=1S/C8H8F3N5O2/c9-8(10,11)2(17)1-3-13-4-5(14-3)15-7(12)16-6(4)18/h2,17H,1H2,(H4,12,13,14,15,16,18). The van der Waals surface area contributed by atoms with E-state index in [4.69, 9.17) is 10.8 Å². The van der Waals surface area contributed by atoms with Crippen LogP contribution in [0.3, 0.4) is 0 Å². The van der Waals surface area contributed by atoms with Crippen LogP contribution in [0.2, 0.25) is 0 Å². The number of nitrogens with two attached hydrogens (primary N) is 1. The number of H-pyrrole nitrogens is 2. The molecule has 2 rings (SSSR count). The predicted molar refractivity (Wildman–Crippen MR) is 54.7 cm³/mol. The first-order chi connectivity index (χ1) is 8.27. The number of nitrogen functional groups attached to an aromatic ring is 1. The molecule has 0 aliphatic rings. The Kier molecular flexibility index (Phi) is 2.73. The van der Waals surface area contributed by atoms with Crippen LogP contribution < -0.4 is 11.3 Å². The van der Waals surface area contributed by atoms with Crippen molar-refractivity contribution in [1.29, 1.82) is 0 Å². The molecule has 0 aliphatic carbocycles. The van der Waals surface area contributed by atoms with Gasteiger partial charge in [0.25, 0.3) is 5.56 Å². The number of imidazole rings is 1. The van der Waals surface area contributed by atoms with Crippen molar-refractivity contribution < 1.29 is 18.3 Å². The number of halogens is 3. The molecule has 2 aromatic heterocycles. The molecule has 0 bridgehead atoms. The van der Waals surface area contributed by atoms with E-state index >= 15 is 0 Å². The van der Waals surface area contributed by atoms with Gasteiger partial charge in [-0.2, -0.15) is 18.2 Å². The van der Waals surface area contributed by atoms with Gasteiger partial charge in [0.15, 0.2) is 17.3 Å². The van der Waals surface area contributed by atoms with Crippen molar-refractivity contribution in [3.63, 3.8) is 0 Å². The largest absolute Gasteiger partial charge is 0.414 e. The summed E-state index contributed by atoms with van der Waals surface area (Å²) < 4.78 is 36.4. The van der Waals surface area contributed by atoms with Crippen molar-refractivity contribution in [3.05, 3.63) is 16.2 Å². The fraction of sp³-hybridized carbons (Fsp3) is 0.375. The number of aliphatic hydroxyl groups is 1. The van der Waals surface area contributed by atoms with Crippen LogP contribution in [0.25, 0.3) is 11.2 Å². The monoisotopic (exact) mass is 263 g/mol. The summed E-state index contributed by atoms with van der Waals surface area (Å²) in [5.41, 5.74) is 4.43. The van der Waals surface area contributed by atoms with Crippen LogP contribution in [0.1, 0.15) is 5.82 Å². The molecule has 0 saturated carbocycles. The fourth-order valence-electron chi connectivity index (χ4n) is 1.37. The highest BCUT2D eigenvalue weighted by molar-refractivity contribution is 5.70. The first-order valence-electron chi connectivity index (χ1n) is 4.76. The molecule has 7 nitrogen and oxygen atoms in total. The minimum Gasteiger partial charge on any atom is -0.383 e. The normalized spacial score (nSPS) is 14.0. The van der Waals surface area contributed by atoms with Crippen LogP contribution in [0.5, 0.6) is 0 Å². The van der Waals surface area contributed by atoms with Crippen LogP contribution in [0, 0.1) is 0 Å². The Labute approximate surface area is 96.9 Å². The van der Waals surface area contributed by atoms with E-state index in [1.807, 2.05) is 0 Å². The minimum absolute atomic E-state index is 0.0893. The first kappa shape index (κ1) is 12.4. The molecule has 2 aromatic rings. The Bertz CT molecular complexity index is 632. The van der Waals surface area contributed by atoms with E-state index < -0.39 is 24.3 Å². The Hall–Kier alpha value is -2.10. The fourth-order valence-corrected chi connectivity index (χ4v) is 1.37. The molecule has 1 atom stereocenters. The average molecular weight is 263 g/mol. The Morgan fingerprint density at radius 1 is 1.33 bits per heavy atom. The average Bonchev–Trinajstić information content (AvgIpc) is 2.58. The van der Waals surface area contributed by atoms with Gasteiger partial charge < -0.3 is 15.8 Å². The maximum absolute atomic E-state index is 12.1. The summed E-state index contributed by atoms with van der Waals surface area (Å²) in [4.78, 5) is 23.2. The lowest BCUT2D eigenvalue weighted by Crippen LogP contribution is -2.30. The SMILES string of the molecule is Nc1nc2nc(CC(O)C(F)(F)F)[nH]c2c(=O)[nH]1. The van der Waals surface area contributed by atoms with Crippen LogP contribution in [-0.4, -0.2) is 37.3 Å². The summed E-state index contributed by atoms with van der Waals surface area (Å²) in [5, 5.41) is 8.87. The van der Waals surface area contributed by atoms with Crippen molar-refractivity contribution in [3.8, 4) is 0 Å². The van der Waals surface area contributed by atoms with Crippen LogP contribution in [0.4, 0.5) is 19.1 Å². The molecule has 5 N–H and O–H groups in total. The summed E-state index contributed by atoms with van der Waals surface area (Å²) >= 11 is 0. The maximum Gasteiger partial charge on any atom is 0.414 e. The number of nitrogens with zero attached hydrogens (tertiary/aromatic N) is 2. The number of aliphatic hydroxyl groups excluding tert-OH is 1. The van der Waals surface area contributed by atoms with Gasteiger partial charge in [-0.15, -0.1) is 0 Å². The summed E-state index contributed by atoms with van der Waals surface area (Å²) in [5.74, 6) is -0.389. The minimum atomic E-state index is -4.75. The molecule has 0 fully saturated rings. The smallest absolute Gasteiger partial charge is 0.383 e. The molecule has 0 aromatic carbocycles. The van der Waals surface area contributed by atoms with Gasteiger partial charge in [-0.05, 0) is 0 Å². The Morgan fingerprint density at radius 2 is 2.00 bits per heavy atom. The lowest BCUT2D eigenvalue weighted by molar-refractivity contribution is -0.203. The van der Waals surface area contributed by atoms with E-state index in [1.54, 1.807) is 0 Å². The molecule has 0 aliphatic heterocycles. The molecule has 98 valence electrons. The van der Waals surface area contributed by atoms with Gasteiger partial charge in [-0.1, -0.05) is 0 Å². The highest BCUT2D eigenvalue weighted by atomic mass is 19.4. The number of fused-ring (bicyclic) bond motifs is 1. The van der Waals surface area contributed by atoms with Crippen molar-refractivity contribution in [2.24, 2.45) is 0 Å². The van der Waals surface area contributed by atoms with Crippen molar-refractivity contribution in [1.82, 2.24) is 19.9 Å². The third kappa shape index (κ3) is 2.27. The van der Waals surface area contributed by atoms with Crippen molar-refractivity contribution in [2.45, 2.75) is 18.7 Å². The molecule has 1 unspecified atom stereocenters. The number of hydrogen-bond acceptors (Lipinski definition) is 5. The van der Waals surface area contributed by atoms with Gasteiger partial charge in [0, 0.05) is 6.42 Å². The number of rotatable bonds is 2. The number of aromatic nitrogens is 4. The van der Waals surface area contributed by atoms with Crippen molar-refractivity contribution >= 4 is 17.1 Å². The Balaban J connectivity index is 2.37. The van der Waals surface area contributed by atoms with Crippen LogP contribution in [-0.2, 0) is 6.42 Å². The van der Waals surface area contributed by atoms with E-state index in [0.717, 1.165) is 0 Å². The van der Waals surface area contributed by atoms with Gasteiger partial charge in [-0.3, -0.25) is 9.78 Å². The summed E-state index contributed by atoms with van der Waals surface area (Å²) in [6.45, 7) is 0. The molecule has 10 heteroatoms. The lowest BCUT2D eigenvalue weighted by atomic mass is 10.2. The second-order valence-corrected chi connectivity index (χ2v) is 3.59. The van der Waals surface area contributed by atoms with E-state index in [-0.39, 0.29) is 22.9 Å². The predicted octanol–water partition coefficient (Wildman–Crippen LogP) is -0.306. The number of aromatic amines is 2. The quantitative estimate of drug-likeness (QED) is 0.592. The van der Waals surface area contributed by atoms with Gasteiger partial charge in [0.05, 0.1) is 0 Å². The summed E-state index contributed by atoms with van der Waals surface area (Å²) in [6.07, 6.45) is -8.11. The molecular weight excluding hydrogens is 255 g/mol. The van der Waals surface area contributed by atoms with Gasteiger partial charge in [0.1, 0.15) is 5.82 Å². The van der Waals surface area contributed by atoms with Crippen LogP contribution >= 0.6 is 0 Å². The topological polar surface area (TPSA) is 121 Å². The highest BCUT2D eigenvalue weighted by Gasteiger charge is 2.38. The second kappa shape index (κ2) is 3.98. The number of alkyl halides is 3. The Morgan fingerprint density at radius 3 is 2.61 bits per heavy atom. The van der Waals surface area contributed by atoms with E-state index in [2.05, 4.69) is 19.9 Å². The zero-order valence-corrected chi connectivity index (χ0v) is 8.75. The maximum atomic E-state index is 12.1. The second-order valence-electron chi connectivity index (χ2n) is 3.59. The molecule has 0 spiro atoms. The van der Waals surface area contributed by atoms with Gasteiger partial charge in [-0.25, -0.2) is 4.98 Å². The molecule has 0 radical (unpaired) electrons. The highest BCUT2D eigenvalue weighted by Crippen LogP contribution is 2.22. The van der Waals surface area contributed by atoms with E-state index in [9.17, 15) is 18.0 Å². The molecule has 18 heavy (non-hydrogen) atoms. The van der Waals surface area contributed by atoms with Crippen molar-refractivity contribution in [2.75, 3.05) is 5.73 Å². The summed E-state index contributed by atoms with van der Waals surface area (Å²) in [6, 6.07) is 0. The summed E-state index contributed by atoms with van der Waals surface area (Å²) in [7, 11) is 0. The third-order valence-corrected chi connectivity index (χ3v) is 2.19. The zero-order chi connectivity index (χ0) is 13.5. The molecular formula is C8H8F3N5O2. The first-order valence-corrected chi connectivity index (χ1v) is 4.76. The molecule has 0 amide bonds. The van der Waals surface area contributed by atoms with E-state index in [0.29, 0.717) is 0 Å². The zero-order valence-electron chi connectivity index (χ0n) is 8.75. The third-order valence-electron chi connectivity index (χ3n) is 2.19. The number of nitrogens with one attached hydrogen (secondary N) is 2. The van der Waals surface area contributed by atoms with Crippen LogP contribution in [0.15, 0.2) is 4.79 Å². The van der Waals surface area contributed by atoms with Gasteiger partial charge >= 0.3 is 6.18 Å². The number of hydrogen-bond donors (Lipinski definition) is 4. The molecule has 0 saturated heterocycles. The number of anilines is 1. The lowest BCUT2D eigenvalue weighted by Gasteiger charge is -2.12. The molecule has 2 heterocycles. The van der Waals surface area contributed by atoms with E-state index in [1.165, 1.54) is 0 Å².